The maximum atomic E-state index is 14.6. The molecule has 0 bridgehead atoms. The lowest BCUT2D eigenvalue weighted by atomic mass is 9.98. The Balaban J connectivity index is 1.33. The van der Waals surface area contributed by atoms with E-state index in [0.717, 1.165) is 5.56 Å². The molecule has 2 heterocycles. The number of benzene rings is 3. The largest absolute Gasteiger partial charge is 0.497 e. The van der Waals surface area contributed by atoms with Gasteiger partial charge in [0.15, 0.2) is 15.6 Å². The molecule has 59 heavy (non-hydrogen) atoms. The molecule has 312 valence electrons. The van der Waals surface area contributed by atoms with Crippen LogP contribution in [0.4, 0.5) is 0 Å². The van der Waals surface area contributed by atoms with Gasteiger partial charge in [-0.05, 0) is 71.5 Å². The van der Waals surface area contributed by atoms with Gasteiger partial charge in [-0.2, -0.15) is 0 Å². The second-order valence-electron chi connectivity index (χ2n) is 16.1. The summed E-state index contributed by atoms with van der Waals surface area (Å²) in [7, 11) is -0.721. The molecular weight excluding hydrogens is 773 g/mol. The Morgan fingerprint density at radius 2 is 1.71 bits per heavy atom. The van der Waals surface area contributed by atoms with Gasteiger partial charge in [-0.1, -0.05) is 54.6 Å². The highest BCUT2D eigenvalue weighted by atomic mass is 32.2. The maximum absolute atomic E-state index is 14.6. The maximum Gasteiger partial charge on any atom is 0.307 e. The number of nitrogens with zero attached hydrogens (tertiary/aromatic N) is 2. The average molecular weight is 825 g/mol. The molecule has 2 N–H and O–H groups in total. The number of Topliss-reactive ketones (excluding diaryl/α,β-unsaturated/α-hetero) is 1. The molecule has 0 radical (unpaired) electrons. The molecule has 3 aromatic carbocycles. The summed E-state index contributed by atoms with van der Waals surface area (Å²) in [6, 6.07) is 23.4. The van der Waals surface area contributed by atoms with E-state index < -0.39 is 74.3 Å². The Morgan fingerprint density at radius 1 is 1.02 bits per heavy atom. The van der Waals surface area contributed by atoms with Crippen molar-refractivity contribution >= 4 is 44.3 Å². The number of sulfone groups is 1. The van der Waals surface area contributed by atoms with Crippen molar-refractivity contribution in [1.29, 1.82) is 0 Å². The van der Waals surface area contributed by atoms with E-state index in [-0.39, 0.29) is 37.1 Å². The van der Waals surface area contributed by atoms with Crippen molar-refractivity contribution in [3.05, 3.63) is 97.6 Å². The summed E-state index contributed by atoms with van der Waals surface area (Å²) in [5.74, 6) is -3.43. The quantitative estimate of drug-likeness (QED) is 0.104. The molecule has 13 nitrogen and oxygen atoms in total. The number of fused-ring (bicyclic) bond motifs is 1. The zero-order valence-electron chi connectivity index (χ0n) is 34.1. The highest BCUT2D eigenvalue weighted by Gasteiger charge is 2.61. The van der Waals surface area contributed by atoms with E-state index >= 15 is 0 Å². The number of hydrogen-bond acceptors (Lipinski definition) is 11. The van der Waals surface area contributed by atoms with Gasteiger partial charge in [0, 0.05) is 41.3 Å². The van der Waals surface area contributed by atoms with Crippen molar-refractivity contribution in [2.45, 2.75) is 74.6 Å². The van der Waals surface area contributed by atoms with Crippen molar-refractivity contribution in [2.24, 2.45) is 11.8 Å². The molecule has 1 saturated carbocycles. The molecule has 2 amide bonds. The van der Waals surface area contributed by atoms with E-state index in [1.807, 2.05) is 42.5 Å². The van der Waals surface area contributed by atoms with E-state index in [1.165, 1.54) is 23.1 Å². The molecule has 1 aliphatic carbocycles. The van der Waals surface area contributed by atoms with Crippen molar-refractivity contribution in [2.75, 3.05) is 33.0 Å². The van der Waals surface area contributed by atoms with Crippen LogP contribution in [-0.2, 0) is 33.8 Å². The number of hydrogen-bond donors (Lipinski definition) is 2. The van der Waals surface area contributed by atoms with Crippen LogP contribution in [0.2, 0.25) is 0 Å². The predicted octanol–water partition coefficient (Wildman–Crippen LogP) is 5.32. The number of esters is 1. The van der Waals surface area contributed by atoms with Crippen molar-refractivity contribution in [3.8, 4) is 22.8 Å². The van der Waals surface area contributed by atoms with Crippen molar-refractivity contribution in [3.63, 3.8) is 0 Å². The zero-order chi connectivity index (χ0) is 42.5. The van der Waals surface area contributed by atoms with Crippen LogP contribution in [0.25, 0.3) is 22.2 Å². The Labute approximate surface area is 345 Å². The third-order valence-electron chi connectivity index (χ3n) is 10.7. The molecule has 1 aliphatic heterocycles. The highest BCUT2D eigenvalue weighted by Crippen LogP contribution is 2.46. The van der Waals surface area contributed by atoms with Crippen molar-refractivity contribution in [1.82, 2.24) is 20.5 Å². The Bertz CT molecular complexity index is 2310. The lowest BCUT2D eigenvalue weighted by Gasteiger charge is -2.30. The number of ether oxygens (including phenoxy) is 3. The van der Waals surface area contributed by atoms with Gasteiger partial charge in [-0.15, -0.1) is 6.58 Å². The fourth-order valence-corrected chi connectivity index (χ4v) is 8.93. The number of nitrogens with one attached hydrogen (secondary N) is 2. The summed E-state index contributed by atoms with van der Waals surface area (Å²) in [6.45, 7) is 9.46. The topological polar surface area (TPSA) is 170 Å². The summed E-state index contributed by atoms with van der Waals surface area (Å²) in [4.78, 5) is 62.5. The van der Waals surface area contributed by atoms with E-state index in [4.69, 9.17) is 19.2 Å². The van der Waals surface area contributed by atoms with Gasteiger partial charge in [0.1, 0.15) is 40.5 Å². The molecular formula is C45H52N4O9S. The van der Waals surface area contributed by atoms with Gasteiger partial charge in [-0.3, -0.25) is 19.2 Å². The summed E-state index contributed by atoms with van der Waals surface area (Å²) in [5, 5.41) is 6.60. The number of carbonyl (C=O) groups excluding carboxylic acids is 4. The molecule has 4 aromatic rings. The average Bonchev–Trinajstić information content (AvgIpc) is 3.77. The smallest absolute Gasteiger partial charge is 0.307 e. The van der Waals surface area contributed by atoms with Gasteiger partial charge in [-0.25, -0.2) is 13.4 Å². The highest BCUT2D eigenvalue weighted by molar-refractivity contribution is 7.92. The van der Waals surface area contributed by atoms with Crippen LogP contribution in [0.3, 0.4) is 0 Å². The summed E-state index contributed by atoms with van der Waals surface area (Å²) in [5.41, 5.74) is -0.204. The number of aromatic nitrogens is 1. The van der Waals surface area contributed by atoms with E-state index in [0.29, 0.717) is 34.6 Å². The molecule has 14 heteroatoms. The number of likely N-dealkylation sites (tertiary alicyclic amines) is 1. The second kappa shape index (κ2) is 17.7. The van der Waals surface area contributed by atoms with Crippen LogP contribution < -0.4 is 20.1 Å². The fraction of sp³-hybridized carbons (Fsp3) is 0.400. The Hall–Kier alpha value is -5.60. The molecule has 1 unspecified atom stereocenters. The number of rotatable bonds is 17. The van der Waals surface area contributed by atoms with Gasteiger partial charge in [0.25, 0.3) is 0 Å². The first kappa shape index (κ1) is 43.0. The summed E-state index contributed by atoms with van der Waals surface area (Å²) in [6.07, 6.45) is 1.07. The number of amides is 2. The van der Waals surface area contributed by atoms with Gasteiger partial charge in [0.05, 0.1) is 36.2 Å². The van der Waals surface area contributed by atoms with Crippen molar-refractivity contribution < 1.29 is 41.8 Å². The summed E-state index contributed by atoms with van der Waals surface area (Å²) < 4.78 is 44.4. The zero-order valence-corrected chi connectivity index (χ0v) is 34.9. The molecule has 0 spiro atoms. The first-order valence-corrected chi connectivity index (χ1v) is 21.4. The first-order valence-electron chi connectivity index (χ1n) is 19.7. The van der Waals surface area contributed by atoms with E-state index in [1.54, 1.807) is 65.3 Å². The first-order chi connectivity index (χ1) is 28.1. The van der Waals surface area contributed by atoms with Crippen LogP contribution >= 0.6 is 0 Å². The predicted molar refractivity (Wildman–Crippen MR) is 223 cm³/mol. The molecule has 1 aromatic heterocycles. The molecule has 6 rings (SSSR count). The standard InChI is InChI=1S/C45H52N4O9S/c1-7-31-26-45(31,40(50)28-59(54,55)34-16-12-9-13-17-34)48-42(52)38-24-33(27-49(38)43(53)30(20-21-46-5)22-41(51)58-44(2,3)4)57-39-25-36(29-14-10-8-11-15-29)47-37-23-32(56-6)18-19-35(37)39/h7-19,23,25,30-31,33,38,46H,1,20-22,24,26-28H2,2-6H3,(H,48,52)/t30-,31-,33?,38+,45-/m1/s1. The third-order valence-corrected chi connectivity index (χ3v) is 12.3. The van der Waals surface area contributed by atoms with Crippen LogP contribution in [0, 0.1) is 11.8 Å². The molecule has 5 atom stereocenters. The van der Waals surface area contributed by atoms with Crippen LogP contribution in [0.15, 0.2) is 102 Å². The fourth-order valence-electron chi connectivity index (χ4n) is 7.58. The number of ketones is 1. The number of methoxy groups -OCH3 is 1. The lowest BCUT2D eigenvalue weighted by molar-refractivity contribution is -0.159. The monoisotopic (exact) mass is 824 g/mol. The Kier molecular flexibility index (Phi) is 12.9. The van der Waals surface area contributed by atoms with Crippen LogP contribution in [0.1, 0.15) is 46.5 Å². The minimum absolute atomic E-state index is 0.00622. The van der Waals surface area contributed by atoms with Gasteiger partial charge in [0.2, 0.25) is 11.8 Å². The Morgan fingerprint density at radius 3 is 2.34 bits per heavy atom. The third kappa shape index (κ3) is 9.99. The molecule has 2 aliphatic rings. The SMILES string of the molecule is C=C[C@@H]1C[C@]1(NC(=O)[C@@H]1CC(Oc2cc(-c3ccccc3)nc3cc(OC)ccc23)CN1C(=O)[C@H](CCNC)CC(=O)OC(C)(C)C)C(=O)CS(=O)(=O)c1ccccc1. The minimum Gasteiger partial charge on any atom is -0.497 e. The normalized spacial score (nSPS) is 20.7. The van der Waals surface area contributed by atoms with Crippen LogP contribution in [0.5, 0.6) is 11.5 Å². The van der Waals surface area contributed by atoms with Gasteiger partial charge >= 0.3 is 5.97 Å². The van der Waals surface area contributed by atoms with E-state index in [9.17, 15) is 27.6 Å². The summed E-state index contributed by atoms with van der Waals surface area (Å²) >= 11 is 0. The lowest BCUT2D eigenvalue weighted by Crippen LogP contribution is -2.54. The number of pyridine rings is 1. The second-order valence-corrected chi connectivity index (χ2v) is 18.1. The minimum atomic E-state index is -4.03. The van der Waals surface area contributed by atoms with Gasteiger partial charge < -0.3 is 29.7 Å². The number of carbonyl (C=O) groups is 4. The van der Waals surface area contributed by atoms with Crippen LogP contribution in [-0.4, -0.2) is 98.2 Å². The molecule has 2 fully saturated rings. The van der Waals surface area contributed by atoms with E-state index in [2.05, 4.69) is 17.2 Å². The molecule has 1 saturated heterocycles.